The van der Waals surface area contributed by atoms with Gasteiger partial charge in [0.2, 0.25) is 0 Å². The van der Waals surface area contributed by atoms with Crippen LogP contribution in [0.1, 0.15) is 23.6 Å². The minimum Gasteiger partial charge on any atom is -0.271 e. The Bertz CT molecular complexity index is 900. The maximum absolute atomic E-state index is 13.0. The van der Waals surface area contributed by atoms with Gasteiger partial charge in [0.05, 0.1) is 11.4 Å². The van der Waals surface area contributed by atoms with E-state index in [1.54, 1.807) is 5.01 Å². The predicted octanol–water partition coefficient (Wildman–Crippen LogP) is 3.36. The fourth-order valence-electron chi connectivity index (χ4n) is 3.59. The molecule has 2 aliphatic rings. The lowest BCUT2D eigenvalue weighted by molar-refractivity contribution is -0.121. The summed E-state index contributed by atoms with van der Waals surface area (Å²) in [5.74, 6) is -0.603. The number of aryl methyl sites for hydroxylation is 3. The molecule has 0 aliphatic carbocycles. The number of fused-ring (bicyclic) bond motifs is 1. The summed E-state index contributed by atoms with van der Waals surface area (Å²) in [6.45, 7) is 6.04. The summed E-state index contributed by atoms with van der Waals surface area (Å²) in [5, 5.41) is 9.79. The number of anilines is 2. The number of hydrogen-bond donors (Lipinski definition) is 0. The number of imide groups is 1. The summed E-state index contributed by atoms with van der Waals surface area (Å²) in [6.07, 6.45) is 0.905. The van der Waals surface area contributed by atoms with E-state index in [1.807, 2.05) is 50.2 Å². The van der Waals surface area contributed by atoms with Gasteiger partial charge in [0.1, 0.15) is 0 Å². The zero-order valence-corrected chi connectivity index (χ0v) is 15.0. The van der Waals surface area contributed by atoms with Crippen LogP contribution in [0.4, 0.5) is 11.4 Å². The SMILES string of the molecule is CCc1ccc(N2C(=O)C3N=NN(c4cc(C)cc(C)c4)C3C2=O)cc1. The van der Waals surface area contributed by atoms with E-state index in [9.17, 15) is 9.59 Å². The highest BCUT2D eigenvalue weighted by Crippen LogP contribution is 2.35. The average molecular weight is 348 g/mol. The molecule has 0 N–H and O–H groups in total. The number of nitrogens with zero attached hydrogens (tertiary/aromatic N) is 4. The van der Waals surface area contributed by atoms with Crippen molar-refractivity contribution in [1.82, 2.24) is 0 Å². The Morgan fingerprint density at radius 2 is 1.58 bits per heavy atom. The van der Waals surface area contributed by atoms with E-state index in [-0.39, 0.29) is 11.8 Å². The van der Waals surface area contributed by atoms with E-state index in [0.717, 1.165) is 28.8 Å². The molecule has 0 bridgehead atoms. The third-order valence-electron chi connectivity index (χ3n) is 4.86. The Morgan fingerprint density at radius 1 is 0.923 bits per heavy atom. The molecule has 1 fully saturated rings. The smallest absolute Gasteiger partial charge is 0.263 e. The minimum atomic E-state index is -0.783. The highest BCUT2D eigenvalue weighted by Gasteiger charge is 2.55. The molecular formula is C20H20N4O2. The molecule has 6 nitrogen and oxygen atoms in total. The maximum atomic E-state index is 13.0. The number of benzene rings is 2. The second-order valence-electron chi connectivity index (χ2n) is 6.82. The van der Waals surface area contributed by atoms with Gasteiger partial charge in [0, 0.05) is 0 Å². The summed E-state index contributed by atoms with van der Waals surface area (Å²) in [5.41, 5.74) is 4.67. The van der Waals surface area contributed by atoms with E-state index in [1.165, 1.54) is 4.90 Å². The molecule has 6 heteroatoms. The van der Waals surface area contributed by atoms with Gasteiger partial charge in [0.25, 0.3) is 11.8 Å². The van der Waals surface area contributed by atoms with Crippen LogP contribution in [0.3, 0.4) is 0 Å². The summed E-state index contributed by atoms with van der Waals surface area (Å²) >= 11 is 0. The zero-order chi connectivity index (χ0) is 18.4. The van der Waals surface area contributed by atoms with E-state index < -0.39 is 12.1 Å². The average Bonchev–Trinajstić information content (AvgIpc) is 3.15. The summed E-state index contributed by atoms with van der Waals surface area (Å²) in [7, 11) is 0. The molecule has 1 saturated heterocycles. The van der Waals surface area contributed by atoms with Gasteiger partial charge in [-0.2, -0.15) is 5.11 Å². The number of carbonyl (C=O) groups excluding carboxylic acids is 2. The quantitative estimate of drug-likeness (QED) is 0.799. The summed E-state index contributed by atoms with van der Waals surface area (Å²) < 4.78 is 0. The fourth-order valence-corrected chi connectivity index (χ4v) is 3.59. The third kappa shape index (κ3) is 2.49. The first-order valence-corrected chi connectivity index (χ1v) is 8.74. The van der Waals surface area contributed by atoms with Crippen molar-refractivity contribution < 1.29 is 9.59 Å². The van der Waals surface area contributed by atoms with Crippen LogP contribution >= 0.6 is 0 Å². The van der Waals surface area contributed by atoms with Gasteiger partial charge in [-0.3, -0.25) is 9.59 Å². The van der Waals surface area contributed by atoms with Crippen molar-refractivity contribution in [3.8, 4) is 0 Å². The van der Waals surface area contributed by atoms with E-state index in [4.69, 9.17) is 0 Å². The van der Waals surface area contributed by atoms with Gasteiger partial charge in [-0.25, -0.2) is 9.91 Å². The Labute approximate surface area is 152 Å². The van der Waals surface area contributed by atoms with Gasteiger partial charge < -0.3 is 0 Å². The standard InChI is InChI=1S/C20H20N4O2/c1-4-14-5-7-15(8-6-14)23-19(25)17-18(20(23)26)24(22-21-17)16-10-12(2)9-13(3)11-16/h5-11,17-18H,4H2,1-3H3. The van der Waals surface area contributed by atoms with Gasteiger partial charge in [-0.1, -0.05) is 30.3 Å². The molecule has 132 valence electrons. The van der Waals surface area contributed by atoms with Crippen molar-refractivity contribution >= 4 is 23.2 Å². The molecule has 0 radical (unpaired) electrons. The molecule has 2 atom stereocenters. The Morgan fingerprint density at radius 3 is 2.19 bits per heavy atom. The van der Waals surface area contributed by atoms with Gasteiger partial charge in [-0.05, 0) is 61.2 Å². The molecule has 2 aliphatic heterocycles. The third-order valence-corrected chi connectivity index (χ3v) is 4.86. The molecule has 2 amide bonds. The topological polar surface area (TPSA) is 65.3 Å². The van der Waals surface area contributed by atoms with Crippen LogP contribution in [0.5, 0.6) is 0 Å². The van der Waals surface area contributed by atoms with Crippen molar-refractivity contribution in [2.24, 2.45) is 10.3 Å². The van der Waals surface area contributed by atoms with Crippen LogP contribution in [0.15, 0.2) is 52.8 Å². The zero-order valence-electron chi connectivity index (χ0n) is 15.0. The minimum absolute atomic E-state index is 0.284. The monoisotopic (exact) mass is 348 g/mol. The second kappa shape index (κ2) is 6.05. The highest BCUT2D eigenvalue weighted by atomic mass is 16.2. The normalized spacial score (nSPS) is 21.7. The molecule has 2 aromatic carbocycles. The lowest BCUT2D eigenvalue weighted by atomic mass is 10.1. The first kappa shape index (κ1) is 16.4. The lowest BCUT2D eigenvalue weighted by Crippen LogP contribution is -2.40. The molecular weight excluding hydrogens is 328 g/mol. The molecule has 0 spiro atoms. The summed E-state index contributed by atoms with van der Waals surface area (Å²) in [6, 6.07) is 12.0. The van der Waals surface area contributed by atoms with Crippen molar-refractivity contribution in [1.29, 1.82) is 0 Å². The van der Waals surface area contributed by atoms with Crippen LogP contribution in [-0.4, -0.2) is 23.9 Å². The molecule has 2 heterocycles. The van der Waals surface area contributed by atoms with Gasteiger partial charge >= 0.3 is 0 Å². The molecule has 4 rings (SSSR count). The van der Waals surface area contributed by atoms with Crippen molar-refractivity contribution in [2.75, 3.05) is 9.91 Å². The fraction of sp³-hybridized carbons (Fsp3) is 0.300. The van der Waals surface area contributed by atoms with Crippen LogP contribution in [-0.2, 0) is 16.0 Å². The number of rotatable bonds is 3. The molecule has 2 aromatic rings. The van der Waals surface area contributed by atoms with E-state index in [2.05, 4.69) is 23.3 Å². The summed E-state index contributed by atoms with van der Waals surface area (Å²) in [4.78, 5) is 27.1. The van der Waals surface area contributed by atoms with Crippen LogP contribution < -0.4 is 9.91 Å². The predicted molar refractivity (Wildman–Crippen MR) is 99.1 cm³/mol. The molecule has 2 unspecified atom stereocenters. The molecule has 26 heavy (non-hydrogen) atoms. The van der Waals surface area contributed by atoms with E-state index >= 15 is 0 Å². The first-order chi connectivity index (χ1) is 12.5. The first-order valence-electron chi connectivity index (χ1n) is 8.74. The number of hydrogen-bond acceptors (Lipinski definition) is 5. The van der Waals surface area contributed by atoms with Gasteiger partial charge in [-0.15, -0.1) is 0 Å². The highest BCUT2D eigenvalue weighted by molar-refractivity contribution is 6.26. The van der Waals surface area contributed by atoms with Crippen molar-refractivity contribution in [3.63, 3.8) is 0 Å². The largest absolute Gasteiger partial charge is 0.271 e. The van der Waals surface area contributed by atoms with E-state index in [0.29, 0.717) is 5.69 Å². The molecule has 0 saturated carbocycles. The van der Waals surface area contributed by atoms with Crippen LogP contribution in [0.2, 0.25) is 0 Å². The number of amides is 2. The Hall–Kier alpha value is -3.02. The van der Waals surface area contributed by atoms with Crippen LogP contribution in [0, 0.1) is 13.8 Å². The van der Waals surface area contributed by atoms with Crippen LogP contribution in [0.25, 0.3) is 0 Å². The Kier molecular flexibility index (Phi) is 3.83. The van der Waals surface area contributed by atoms with Crippen molar-refractivity contribution in [2.45, 2.75) is 39.3 Å². The lowest BCUT2D eigenvalue weighted by Gasteiger charge is -2.21. The van der Waals surface area contributed by atoms with Gasteiger partial charge in [0.15, 0.2) is 12.1 Å². The second-order valence-corrected chi connectivity index (χ2v) is 6.82. The number of carbonyl (C=O) groups is 2. The maximum Gasteiger partial charge on any atom is 0.263 e. The van der Waals surface area contributed by atoms with Crippen molar-refractivity contribution in [3.05, 3.63) is 59.2 Å². The Balaban J connectivity index is 1.68. The molecule has 0 aromatic heterocycles.